The minimum Gasteiger partial charge on any atom is -0.482 e. The van der Waals surface area contributed by atoms with Gasteiger partial charge in [0, 0.05) is 37.7 Å². The van der Waals surface area contributed by atoms with Gasteiger partial charge in [0.2, 0.25) is 17.6 Å². The molecule has 4 amide bonds. The molecule has 3 aliphatic rings. The molecule has 2 saturated heterocycles. The van der Waals surface area contributed by atoms with Crippen LogP contribution in [0.3, 0.4) is 0 Å². The number of rotatable bonds is 10. The molecule has 3 fully saturated rings. The van der Waals surface area contributed by atoms with Gasteiger partial charge in [0.15, 0.2) is 6.61 Å². The highest BCUT2D eigenvalue weighted by molar-refractivity contribution is 6.38. The Hall–Kier alpha value is -4.06. The van der Waals surface area contributed by atoms with E-state index in [1.54, 1.807) is 0 Å². The van der Waals surface area contributed by atoms with Gasteiger partial charge in [-0.15, -0.1) is 0 Å². The second kappa shape index (κ2) is 13.3. The summed E-state index contributed by atoms with van der Waals surface area (Å²) in [6.45, 7) is 0.347. The average molecular weight is 631 g/mol. The number of fused-ring (bicyclic) bond motifs is 1. The van der Waals surface area contributed by atoms with Crippen LogP contribution < -0.4 is 20.7 Å². The molecule has 2 aliphatic heterocycles. The lowest BCUT2D eigenvalue weighted by Crippen LogP contribution is -2.55. The maximum atomic E-state index is 14.2. The number of halogens is 3. The van der Waals surface area contributed by atoms with E-state index in [-0.39, 0.29) is 40.5 Å². The summed E-state index contributed by atoms with van der Waals surface area (Å²) in [4.78, 5) is 65.9. The topological polar surface area (TPSA) is 134 Å². The summed E-state index contributed by atoms with van der Waals surface area (Å²) in [5.41, 5.74) is 0.543. The normalized spacial score (nSPS) is 23.1. The standard InChI is InChI=1S/C31H33ClF2N4O6/c1-35-31(43)28(40)24(12-17-9-10-36-29(17)41)37-30(42)27-21-4-2-3-18(21)14-38(27)26(39)15-44-25-8-5-16(11-22(25)32)20-7-6-19(33)13-23(20)34/h5-8,11,13,17-18,21,24,27H,2-4,9-10,12,14-15H2,1H3,(H,35,43)(H,36,41)(H,37,42)/t17-,18-,21-,24-,27-/m0/s1. The second-order valence-electron chi connectivity index (χ2n) is 11.4. The number of amides is 4. The molecule has 13 heteroatoms. The molecule has 0 unspecified atom stereocenters. The van der Waals surface area contributed by atoms with E-state index in [9.17, 15) is 32.8 Å². The Kier molecular flexibility index (Phi) is 9.48. The Balaban J connectivity index is 1.29. The van der Waals surface area contributed by atoms with Gasteiger partial charge in [-0.1, -0.05) is 24.1 Å². The number of nitrogens with zero attached hydrogens (tertiary/aromatic N) is 1. The first-order valence-electron chi connectivity index (χ1n) is 14.6. The SMILES string of the molecule is CNC(=O)C(=O)[C@H](C[C@@H]1CCNC1=O)NC(=O)[C@@H]1[C@H]2CCC[C@H]2CN1C(=O)COc1ccc(-c2ccc(F)cc2F)cc1Cl. The largest absolute Gasteiger partial charge is 0.482 e. The van der Waals surface area contributed by atoms with Crippen LogP contribution in [0.2, 0.25) is 5.02 Å². The van der Waals surface area contributed by atoms with E-state index >= 15 is 0 Å². The van der Waals surface area contributed by atoms with E-state index in [0.717, 1.165) is 31.4 Å². The number of Topliss-reactive ketones (excluding diaryl/α,β-unsaturated/α-hetero) is 1. The number of ketones is 1. The number of likely N-dealkylation sites (N-methyl/N-ethyl adjacent to an activating group) is 1. The summed E-state index contributed by atoms with van der Waals surface area (Å²) < 4.78 is 33.3. The summed E-state index contributed by atoms with van der Waals surface area (Å²) in [5, 5.41) is 7.77. The smallest absolute Gasteiger partial charge is 0.289 e. The number of hydrogen-bond acceptors (Lipinski definition) is 6. The molecule has 3 N–H and O–H groups in total. The third-order valence-corrected chi connectivity index (χ3v) is 9.07. The number of hydrogen-bond donors (Lipinski definition) is 3. The van der Waals surface area contributed by atoms with E-state index in [1.807, 2.05) is 0 Å². The first kappa shape index (κ1) is 31.4. The van der Waals surface area contributed by atoms with Gasteiger partial charge in [0.25, 0.3) is 11.8 Å². The number of nitrogens with one attached hydrogen (secondary N) is 3. The fraction of sp³-hybridized carbons (Fsp3) is 0.452. The van der Waals surface area contributed by atoms with Crippen molar-refractivity contribution in [2.24, 2.45) is 17.8 Å². The van der Waals surface area contributed by atoms with Crippen molar-refractivity contribution in [3.05, 3.63) is 53.1 Å². The highest BCUT2D eigenvalue weighted by atomic mass is 35.5. The van der Waals surface area contributed by atoms with Crippen molar-refractivity contribution < 1.29 is 37.5 Å². The minimum atomic E-state index is -1.23. The van der Waals surface area contributed by atoms with Crippen LogP contribution in [0.4, 0.5) is 8.78 Å². The Morgan fingerprint density at radius 1 is 1.11 bits per heavy atom. The van der Waals surface area contributed by atoms with Crippen molar-refractivity contribution >= 4 is 41.0 Å². The molecule has 44 heavy (non-hydrogen) atoms. The van der Waals surface area contributed by atoms with Gasteiger partial charge >= 0.3 is 0 Å². The Morgan fingerprint density at radius 3 is 2.59 bits per heavy atom. The van der Waals surface area contributed by atoms with Gasteiger partial charge in [-0.2, -0.15) is 0 Å². The predicted molar refractivity (Wildman–Crippen MR) is 155 cm³/mol. The van der Waals surface area contributed by atoms with Crippen molar-refractivity contribution in [3.8, 4) is 16.9 Å². The van der Waals surface area contributed by atoms with Crippen LogP contribution in [-0.4, -0.2) is 73.1 Å². The monoisotopic (exact) mass is 630 g/mol. The molecule has 0 spiro atoms. The fourth-order valence-corrected chi connectivity index (χ4v) is 6.79. The number of carbonyl (C=O) groups is 5. The Bertz CT molecular complexity index is 1490. The lowest BCUT2D eigenvalue weighted by Gasteiger charge is -2.29. The van der Waals surface area contributed by atoms with Gasteiger partial charge < -0.3 is 25.6 Å². The Labute approximate surface area is 257 Å². The lowest BCUT2D eigenvalue weighted by molar-refractivity contribution is -0.143. The fourth-order valence-electron chi connectivity index (χ4n) is 6.55. The molecule has 2 aromatic carbocycles. The zero-order valence-corrected chi connectivity index (χ0v) is 24.8. The van der Waals surface area contributed by atoms with Crippen LogP contribution in [-0.2, 0) is 24.0 Å². The van der Waals surface area contributed by atoms with E-state index in [0.29, 0.717) is 25.1 Å². The molecule has 0 bridgehead atoms. The summed E-state index contributed by atoms with van der Waals surface area (Å²) in [5.74, 6) is -4.86. The van der Waals surface area contributed by atoms with Gasteiger partial charge in [-0.3, -0.25) is 24.0 Å². The van der Waals surface area contributed by atoms with Crippen molar-refractivity contribution in [3.63, 3.8) is 0 Å². The molecular weight excluding hydrogens is 598 g/mol. The number of ether oxygens (including phenoxy) is 1. The molecule has 5 atom stereocenters. The highest BCUT2D eigenvalue weighted by Gasteiger charge is 2.50. The zero-order valence-electron chi connectivity index (χ0n) is 24.0. The minimum absolute atomic E-state index is 0.0297. The summed E-state index contributed by atoms with van der Waals surface area (Å²) in [7, 11) is 1.31. The third kappa shape index (κ3) is 6.54. The molecule has 2 aromatic rings. The average Bonchev–Trinajstić information content (AvgIpc) is 3.71. The quantitative estimate of drug-likeness (QED) is 0.346. The number of likely N-dealkylation sites (tertiary alicyclic amines) is 1. The third-order valence-electron chi connectivity index (χ3n) is 8.77. The van der Waals surface area contributed by atoms with Gasteiger partial charge in [0.05, 0.1) is 11.1 Å². The Morgan fingerprint density at radius 2 is 1.91 bits per heavy atom. The molecular formula is C31H33ClF2N4O6. The van der Waals surface area contributed by atoms with Crippen LogP contribution in [0.15, 0.2) is 36.4 Å². The van der Waals surface area contributed by atoms with Crippen LogP contribution in [0.5, 0.6) is 5.75 Å². The summed E-state index contributed by atoms with van der Waals surface area (Å²) in [6.07, 6.45) is 2.91. The zero-order chi connectivity index (χ0) is 31.5. The maximum Gasteiger partial charge on any atom is 0.289 e. The van der Waals surface area contributed by atoms with Gasteiger partial charge in [-0.05, 0) is 67.3 Å². The van der Waals surface area contributed by atoms with Gasteiger partial charge in [0.1, 0.15) is 23.4 Å². The van der Waals surface area contributed by atoms with E-state index in [2.05, 4.69) is 16.0 Å². The van der Waals surface area contributed by atoms with E-state index in [1.165, 1.54) is 36.2 Å². The number of carbonyl (C=O) groups excluding carboxylic acids is 5. The molecule has 10 nitrogen and oxygen atoms in total. The van der Waals surface area contributed by atoms with Crippen LogP contribution in [0.25, 0.3) is 11.1 Å². The van der Waals surface area contributed by atoms with Crippen molar-refractivity contribution in [2.45, 2.75) is 44.2 Å². The molecule has 5 rings (SSSR count). The molecule has 2 heterocycles. The maximum absolute atomic E-state index is 14.2. The van der Waals surface area contributed by atoms with Crippen LogP contribution in [0.1, 0.15) is 32.1 Å². The molecule has 0 radical (unpaired) electrons. The number of benzene rings is 2. The van der Waals surface area contributed by atoms with Crippen LogP contribution in [0, 0.1) is 29.4 Å². The van der Waals surface area contributed by atoms with Crippen molar-refractivity contribution in [1.82, 2.24) is 20.9 Å². The molecule has 1 saturated carbocycles. The first-order chi connectivity index (χ1) is 21.1. The first-order valence-corrected chi connectivity index (χ1v) is 15.0. The van der Waals surface area contributed by atoms with Gasteiger partial charge in [-0.25, -0.2) is 8.78 Å². The van der Waals surface area contributed by atoms with E-state index < -0.39 is 59.7 Å². The molecule has 0 aromatic heterocycles. The van der Waals surface area contributed by atoms with Crippen molar-refractivity contribution in [2.75, 3.05) is 26.7 Å². The van der Waals surface area contributed by atoms with Crippen LogP contribution >= 0.6 is 11.6 Å². The second-order valence-corrected chi connectivity index (χ2v) is 11.8. The predicted octanol–water partition coefficient (Wildman–Crippen LogP) is 2.62. The van der Waals surface area contributed by atoms with E-state index in [4.69, 9.17) is 16.3 Å². The lowest BCUT2D eigenvalue weighted by atomic mass is 9.91. The van der Waals surface area contributed by atoms with Crippen molar-refractivity contribution in [1.29, 1.82) is 0 Å². The summed E-state index contributed by atoms with van der Waals surface area (Å²) >= 11 is 6.36. The summed E-state index contributed by atoms with van der Waals surface area (Å²) in [6, 6.07) is 5.55. The highest BCUT2D eigenvalue weighted by Crippen LogP contribution is 2.42. The molecule has 1 aliphatic carbocycles. The molecule has 234 valence electrons.